The highest BCUT2D eigenvalue weighted by molar-refractivity contribution is 7.89. The molecule has 0 aromatic heterocycles. The van der Waals surface area contributed by atoms with E-state index in [0.29, 0.717) is 5.56 Å². The van der Waals surface area contributed by atoms with Gasteiger partial charge in [0.25, 0.3) is 0 Å². The number of Topliss-reactive ketones (excluding diaryl/α,β-unsaturated/α-hetero) is 1. The van der Waals surface area contributed by atoms with Gasteiger partial charge in [0.05, 0.1) is 17.1 Å². The number of nitrogens with zero attached hydrogens (tertiary/aromatic N) is 1. The molecule has 0 saturated carbocycles. The van der Waals surface area contributed by atoms with Crippen LogP contribution in [0.3, 0.4) is 0 Å². The van der Waals surface area contributed by atoms with E-state index in [1.54, 1.807) is 0 Å². The van der Waals surface area contributed by atoms with Crippen LogP contribution in [0.25, 0.3) is 0 Å². The Kier molecular flexibility index (Phi) is 6.85. The molecule has 1 N–H and O–H groups in total. The van der Waals surface area contributed by atoms with Crippen molar-refractivity contribution >= 4 is 15.8 Å². The molecular weight excluding hydrogens is 388 g/mol. The second kappa shape index (κ2) is 9.17. The first kappa shape index (κ1) is 21.6. The molecule has 0 bridgehead atoms. The number of morpholine rings is 1. The molecule has 3 rings (SSSR count). The number of hydrogen-bond acceptors (Lipinski definition) is 5. The normalized spacial score (nSPS) is 20.5. The molecule has 7 heteroatoms. The van der Waals surface area contributed by atoms with Crippen LogP contribution in [0.5, 0.6) is 0 Å². The first-order valence-corrected chi connectivity index (χ1v) is 11.3. The van der Waals surface area contributed by atoms with Crippen molar-refractivity contribution in [2.75, 3.05) is 13.1 Å². The zero-order chi connectivity index (χ0) is 21.0. The highest BCUT2D eigenvalue weighted by Crippen LogP contribution is 2.16. The lowest BCUT2D eigenvalue weighted by Gasteiger charge is -2.35. The average molecular weight is 417 g/mol. The van der Waals surface area contributed by atoms with Crippen molar-refractivity contribution in [3.8, 4) is 0 Å². The minimum Gasteiger partial charge on any atom is -0.373 e. The predicted molar refractivity (Wildman–Crippen MR) is 112 cm³/mol. The van der Waals surface area contributed by atoms with Crippen molar-refractivity contribution in [1.29, 1.82) is 0 Å². The predicted octanol–water partition coefficient (Wildman–Crippen LogP) is 2.98. The summed E-state index contributed by atoms with van der Waals surface area (Å²) < 4.78 is 33.3. The lowest BCUT2D eigenvalue weighted by molar-refractivity contribution is -0.0704. The van der Waals surface area contributed by atoms with Crippen LogP contribution in [-0.4, -0.2) is 44.4 Å². The van der Waals surface area contributed by atoms with Crippen LogP contribution in [-0.2, 0) is 27.8 Å². The second-order valence-corrected chi connectivity index (χ2v) is 9.44. The number of sulfonamides is 1. The molecule has 2 atom stereocenters. The monoisotopic (exact) mass is 416 g/mol. The highest BCUT2D eigenvalue weighted by atomic mass is 32.2. The lowest BCUT2D eigenvalue weighted by Crippen LogP contribution is -2.44. The van der Waals surface area contributed by atoms with Crippen LogP contribution >= 0.6 is 0 Å². The van der Waals surface area contributed by atoms with Gasteiger partial charge >= 0.3 is 0 Å². The van der Waals surface area contributed by atoms with Crippen molar-refractivity contribution in [2.45, 2.75) is 51.0 Å². The maximum absolute atomic E-state index is 12.5. The van der Waals surface area contributed by atoms with Gasteiger partial charge in [0.15, 0.2) is 5.78 Å². The minimum absolute atomic E-state index is 0.0945. The highest BCUT2D eigenvalue weighted by Gasteiger charge is 2.22. The third kappa shape index (κ3) is 5.96. The molecule has 29 heavy (non-hydrogen) atoms. The van der Waals surface area contributed by atoms with Crippen molar-refractivity contribution < 1.29 is 17.9 Å². The van der Waals surface area contributed by atoms with Crippen LogP contribution < -0.4 is 4.72 Å². The van der Waals surface area contributed by atoms with Gasteiger partial charge in [-0.05, 0) is 44.0 Å². The molecule has 1 fully saturated rings. The van der Waals surface area contributed by atoms with Crippen molar-refractivity contribution in [3.63, 3.8) is 0 Å². The number of ketones is 1. The summed E-state index contributed by atoms with van der Waals surface area (Å²) in [5.74, 6) is -0.0945. The fraction of sp³-hybridized carbons (Fsp3) is 0.409. The molecule has 6 nitrogen and oxygen atoms in total. The maximum Gasteiger partial charge on any atom is 0.240 e. The minimum atomic E-state index is -3.63. The summed E-state index contributed by atoms with van der Waals surface area (Å²) in [5.41, 5.74) is 2.57. The van der Waals surface area contributed by atoms with Gasteiger partial charge < -0.3 is 4.74 Å². The van der Waals surface area contributed by atoms with E-state index in [1.165, 1.54) is 36.8 Å². The third-order valence-corrected chi connectivity index (χ3v) is 6.38. The SMILES string of the molecule is CC(=O)c1ccc(S(=O)(=O)NCc2ccc(CN3CC(C)OC(C)C3)cc2)cc1. The number of hydrogen-bond donors (Lipinski definition) is 1. The van der Waals surface area contributed by atoms with Gasteiger partial charge in [-0.3, -0.25) is 9.69 Å². The molecule has 1 saturated heterocycles. The summed E-state index contributed by atoms with van der Waals surface area (Å²) in [6.07, 6.45) is 0.467. The van der Waals surface area contributed by atoms with E-state index < -0.39 is 10.0 Å². The second-order valence-electron chi connectivity index (χ2n) is 7.67. The summed E-state index contributed by atoms with van der Waals surface area (Å²) in [7, 11) is -3.63. The van der Waals surface area contributed by atoms with Gasteiger partial charge in [-0.25, -0.2) is 13.1 Å². The molecule has 2 aromatic rings. The summed E-state index contributed by atoms with van der Waals surface area (Å²) >= 11 is 0. The maximum atomic E-state index is 12.5. The Morgan fingerprint density at radius 3 is 2.10 bits per heavy atom. The fourth-order valence-electron chi connectivity index (χ4n) is 3.56. The number of rotatable bonds is 7. The summed E-state index contributed by atoms with van der Waals surface area (Å²) in [6.45, 7) is 8.51. The molecule has 2 aromatic carbocycles. The zero-order valence-corrected chi connectivity index (χ0v) is 17.9. The van der Waals surface area contributed by atoms with E-state index in [4.69, 9.17) is 4.74 Å². The average Bonchev–Trinajstić information content (AvgIpc) is 2.67. The third-order valence-electron chi connectivity index (χ3n) is 4.96. The quantitative estimate of drug-likeness (QED) is 0.703. The van der Waals surface area contributed by atoms with Gasteiger partial charge in [0.2, 0.25) is 10.0 Å². The molecular formula is C22H28N2O4S. The molecule has 2 unspecified atom stereocenters. The molecule has 156 valence electrons. The van der Waals surface area contributed by atoms with Crippen LogP contribution in [0.2, 0.25) is 0 Å². The Balaban J connectivity index is 1.57. The number of ether oxygens (including phenoxy) is 1. The van der Waals surface area contributed by atoms with Crippen LogP contribution in [0.1, 0.15) is 42.3 Å². The van der Waals surface area contributed by atoms with E-state index in [9.17, 15) is 13.2 Å². The van der Waals surface area contributed by atoms with E-state index in [0.717, 1.165) is 25.2 Å². The molecule has 0 aliphatic carbocycles. The molecule has 0 spiro atoms. The first-order chi connectivity index (χ1) is 13.7. The number of carbonyl (C=O) groups excluding carboxylic acids is 1. The Labute approximate surface area is 172 Å². The van der Waals surface area contributed by atoms with Gasteiger partial charge in [-0.2, -0.15) is 0 Å². The number of nitrogens with one attached hydrogen (secondary N) is 1. The van der Waals surface area contributed by atoms with Gasteiger partial charge in [-0.1, -0.05) is 36.4 Å². The smallest absolute Gasteiger partial charge is 0.240 e. The molecule has 1 aliphatic heterocycles. The van der Waals surface area contributed by atoms with Gasteiger partial charge in [0, 0.05) is 31.7 Å². The van der Waals surface area contributed by atoms with Gasteiger partial charge in [0.1, 0.15) is 0 Å². The summed E-state index contributed by atoms with van der Waals surface area (Å²) in [6, 6.07) is 13.9. The van der Waals surface area contributed by atoms with Crippen molar-refractivity contribution in [2.24, 2.45) is 0 Å². The first-order valence-electron chi connectivity index (χ1n) is 9.79. The van der Waals surface area contributed by atoms with E-state index in [2.05, 4.69) is 23.5 Å². The van der Waals surface area contributed by atoms with E-state index in [1.807, 2.05) is 24.3 Å². The van der Waals surface area contributed by atoms with Crippen LogP contribution in [0, 0.1) is 0 Å². The molecule has 1 aliphatic rings. The van der Waals surface area contributed by atoms with Crippen LogP contribution in [0.4, 0.5) is 0 Å². The summed E-state index contributed by atoms with van der Waals surface area (Å²) in [5, 5.41) is 0. The Bertz CT molecular complexity index is 930. The molecule has 0 amide bonds. The number of carbonyl (C=O) groups is 1. The number of benzene rings is 2. The van der Waals surface area contributed by atoms with E-state index in [-0.39, 0.29) is 29.4 Å². The van der Waals surface area contributed by atoms with Gasteiger partial charge in [-0.15, -0.1) is 0 Å². The molecule has 0 radical (unpaired) electrons. The Morgan fingerprint density at radius 1 is 1.00 bits per heavy atom. The standard InChI is InChI=1S/C22H28N2O4S/c1-16-13-24(14-17(2)28-16)15-20-6-4-19(5-7-20)12-23-29(26,27)22-10-8-21(9-11-22)18(3)25/h4-11,16-17,23H,12-15H2,1-3H3. The topological polar surface area (TPSA) is 75.7 Å². The molecule has 1 heterocycles. The summed E-state index contributed by atoms with van der Waals surface area (Å²) in [4.78, 5) is 13.9. The van der Waals surface area contributed by atoms with Crippen molar-refractivity contribution in [3.05, 3.63) is 65.2 Å². The van der Waals surface area contributed by atoms with Crippen molar-refractivity contribution in [1.82, 2.24) is 9.62 Å². The zero-order valence-electron chi connectivity index (χ0n) is 17.1. The largest absolute Gasteiger partial charge is 0.373 e. The lowest BCUT2D eigenvalue weighted by atomic mass is 10.1. The van der Waals surface area contributed by atoms with Crippen LogP contribution in [0.15, 0.2) is 53.4 Å². The fourth-order valence-corrected chi connectivity index (χ4v) is 4.58. The van der Waals surface area contributed by atoms with E-state index >= 15 is 0 Å². The Hall–Kier alpha value is -2.06. The Morgan fingerprint density at radius 2 is 1.55 bits per heavy atom.